The third-order valence-electron chi connectivity index (χ3n) is 1.86. The van der Waals surface area contributed by atoms with Crippen LogP contribution in [0.3, 0.4) is 0 Å². The minimum absolute atomic E-state index is 0.283. The average Bonchev–Trinajstić information content (AvgIpc) is 2.28. The highest BCUT2D eigenvalue weighted by Gasteiger charge is 2.33. The smallest absolute Gasteiger partial charge is 0.387 e. The zero-order chi connectivity index (χ0) is 13.8. The number of halogens is 3. The molecule has 0 bridgehead atoms. The third kappa shape index (κ3) is 3.43. The molecule has 0 heterocycles. The first-order valence-corrected chi connectivity index (χ1v) is 4.97. The lowest BCUT2D eigenvalue weighted by atomic mass is 10.2. The Kier molecular flexibility index (Phi) is 4.23. The zero-order valence-electron chi connectivity index (χ0n) is 8.82. The monoisotopic (exact) mass is 272 g/mol. The quantitative estimate of drug-likeness (QED) is 0.503. The summed E-state index contributed by atoms with van der Waals surface area (Å²) in [6, 6.07) is 6.29. The Morgan fingerprint density at radius 1 is 1.39 bits per heavy atom. The molecule has 0 saturated carbocycles. The maximum absolute atomic E-state index is 12.6. The van der Waals surface area contributed by atoms with Crippen molar-refractivity contribution in [1.82, 2.24) is 0 Å². The van der Waals surface area contributed by atoms with E-state index in [2.05, 4.69) is 22.7 Å². The van der Waals surface area contributed by atoms with E-state index in [1.807, 2.05) is 0 Å². The molecule has 0 aliphatic rings. The van der Waals surface area contributed by atoms with E-state index in [-0.39, 0.29) is 16.4 Å². The van der Waals surface area contributed by atoms with Crippen molar-refractivity contribution in [2.45, 2.75) is 6.18 Å². The number of nitrogens with zero attached hydrogens (tertiary/aromatic N) is 2. The number of nitrogens with two attached hydrogens (primary N) is 1. The summed E-state index contributed by atoms with van der Waals surface area (Å²) in [5, 5.41) is 12.0. The Morgan fingerprint density at radius 3 is 2.50 bits per heavy atom. The number of hydrogen-bond donors (Lipinski definition) is 2. The molecule has 0 atom stereocenters. The standard InChI is InChI=1S/C10H7F3N4S/c11-10(12,13)6-3-1-2-4-7(6)16-17-8(5-14)9(15)18/h1-4,16H,(H2,15,18)/b17-8-. The number of benzene rings is 1. The summed E-state index contributed by atoms with van der Waals surface area (Å²) in [5.41, 5.74) is 5.76. The lowest BCUT2D eigenvalue weighted by molar-refractivity contribution is -0.136. The Labute approximate surface area is 106 Å². The zero-order valence-corrected chi connectivity index (χ0v) is 9.64. The van der Waals surface area contributed by atoms with E-state index in [4.69, 9.17) is 11.0 Å². The van der Waals surface area contributed by atoms with E-state index in [9.17, 15) is 13.2 Å². The minimum atomic E-state index is -4.52. The molecule has 0 amide bonds. The summed E-state index contributed by atoms with van der Waals surface area (Å²) >= 11 is 4.50. The van der Waals surface area contributed by atoms with Gasteiger partial charge in [-0.25, -0.2) is 0 Å². The van der Waals surface area contributed by atoms with Gasteiger partial charge in [-0.15, -0.1) is 0 Å². The SMILES string of the molecule is N#C/C(=N/Nc1ccccc1C(F)(F)F)C(N)=S. The summed E-state index contributed by atoms with van der Waals surface area (Å²) in [4.78, 5) is -0.297. The second-order valence-electron chi connectivity index (χ2n) is 3.09. The maximum atomic E-state index is 12.6. The summed E-state index contributed by atoms with van der Waals surface area (Å²) in [5.74, 6) is 0. The van der Waals surface area contributed by atoms with E-state index >= 15 is 0 Å². The van der Waals surface area contributed by atoms with Crippen molar-refractivity contribution >= 4 is 28.6 Å². The number of hydrogen-bond acceptors (Lipinski definition) is 4. The van der Waals surface area contributed by atoms with Gasteiger partial charge in [0.15, 0.2) is 5.71 Å². The molecule has 18 heavy (non-hydrogen) atoms. The van der Waals surface area contributed by atoms with Crippen LogP contribution in [-0.4, -0.2) is 10.7 Å². The lowest BCUT2D eigenvalue weighted by Crippen LogP contribution is -2.20. The Bertz CT molecular complexity index is 531. The van der Waals surface area contributed by atoms with Gasteiger partial charge in [0, 0.05) is 0 Å². The number of nitriles is 1. The van der Waals surface area contributed by atoms with Crippen molar-refractivity contribution in [1.29, 1.82) is 5.26 Å². The van der Waals surface area contributed by atoms with E-state index < -0.39 is 11.7 Å². The Hall–Kier alpha value is -2.14. The van der Waals surface area contributed by atoms with Gasteiger partial charge in [0.2, 0.25) is 0 Å². The highest BCUT2D eigenvalue weighted by atomic mass is 32.1. The van der Waals surface area contributed by atoms with Gasteiger partial charge in [-0.05, 0) is 12.1 Å². The van der Waals surface area contributed by atoms with Crippen LogP contribution in [0.5, 0.6) is 0 Å². The lowest BCUT2D eigenvalue weighted by Gasteiger charge is -2.11. The van der Waals surface area contributed by atoms with Crippen LogP contribution in [0.1, 0.15) is 5.56 Å². The average molecular weight is 272 g/mol. The maximum Gasteiger partial charge on any atom is 0.418 e. The predicted octanol–water partition coefficient (Wildman–Crippen LogP) is 2.28. The van der Waals surface area contributed by atoms with Gasteiger partial charge in [0.05, 0.1) is 11.3 Å². The number of para-hydroxylation sites is 1. The van der Waals surface area contributed by atoms with Gasteiger partial charge in [-0.3, -0.25) is 5.43 Å². The van der Waals surface area contributed by atoms with Gasteiger partial charge in [0.1, 0.15) is 11.1 Å². The number of thiocarbonyl (C=S) groups is 1. The van der Waals surface area contributed by atoms with Crippen molar-refractivity contribution in [3.63, 3.8) is 0 Å². The highest BCUT2D eigenvalue weighted by Crippen LogP contribution is 2.34. The van der Waals surface area contributed by atoms with Crippen LogP contribution in [0.25, 0.3) is 0 Å². The second-order valence-corrected chi connectivity index (χ2v) is 3.53. The summed E-state index contributed by atoms with van der Waals surface area (Å²) < 4.78 is 37.8. The molecule has 4 nitrogen and oxygen atoms in total. The summed E-state index contributed by atoms with van der Waals surface area (Å²) in [6.07, 6.45) is -4.52. The van der Waals surface area contributed by atoms with E-state index in [1.54, 1.807) is 6.07 Å². The summed E-state index contributed by atoms with van der Waals surface area (Å²) in [7, 11) is 0. The molecule has 3 N–H and O–H groups in total. The number of alkyl halides is 3. The van der Waals surface area contributed by atoms with E-state index in [1.165, 1.54) is 18.2 Å². The number of anilines is 1. The topological polar surface area (TPSA) is 74.2 Å². The van der Waals surface area contributed by atoms with Gasteiger partial charge >= 0.3 is 6.18 Å². The van der Waals surface area contributed by atoms with Crippen LogP contribution in [0.15, 0.2) is 29.4 Å². The van der Waals surface area contributed by atoms with Crippen molar-refractivity contribution in [2.75, 3.05) is 5.43 Å². The molecule has 0 fully saturated rings. The second kappa shape index (κ2) is 5.46. The first kappa shape index (κ1) is 13.9. The first-order chi connectivity index (χ1) is 8.36. The molecule has 0 unspecified atom stereocenters. The Morgan fingerprint density at radius 2 is 2.00 bits per heavy atom. The van der Waals surface area contributed by atoms with Gasteiger partial charge in [-0.2, -0.15) is 23.5 Å². The first-order valence-electron chi connectivity index (χ1n) is 4.56. The molecular formula is C10H7F3N4S. The normalized spacial score (nSPS) is 11.8. The van der Waals surface area contributed by atoms with Crippen molar-refractivity contribution in [2.24, 2.45) is 10.8 Å². The van der Waals surface area contributed by atoms with Crippen molar-refractivity contribution in [3.8, 4) is 6.07 Å². The van der Waals surface area contributed by atoms with Crippen LogP contribution in [0.2, 0.25) is 0 Å². The fraction of sp³-hybridized carbons (Fsp3) is 0.100. The number of hydrazone groups is 1. The van der Waals surface area contributed by atoms with Gasteiger partial charge in [-0.1, -0.05) is 24.4 Å². The van der Waals surface area contributed by atoms with Crippen LogP contribution in [0, 0.1) is 11.3 Å². The molecule has 0 saturated heterocycles. The molecular weight excluding hydrogens is 265 g/mol. The summed E-state index contributed by atoms with van der Waals surface area (Å²) in [6.45, 7) is 0. The van der Waals surface area contributed by atoms with Crippen LogP contribution < -0.4 is 11.2 Å². The molecule has 94 valence electrons. The van der Waals surface area contributed by atoms with E-state index in [0.29, 0.717) is 0 Å². The Balaban J connectivity index is 3.07. The number of nitrogens with one attached hydrogen (secondary N) is 1. The van der Waals surface area contributed by atoms with Crippen molar-refractivity contribution < 1.29 is 13.2 Å². The third-order valence-corrected chi connectivity index (χ3v) is 2.05. The van der Waals surface area contributed by atoms with E-state index in [0.717, 1.165) is 6.07 Å². The highest BCUT2D eigenvalue weighted by molar-refractivity contribution is 7.82. The fourth-order valence-electron chi connectivity index (χ4n) is 1.08. The molecule has 1 rings (SSSR count). The largest absolute Gasteiger partial charge is 0.418 e. The van der Waals surface area contributed by atoms with Crippen LogP contribution in [-0.2, 0) is 6.18 Å². The molecule has 0 radical (unpaired) electrons. The molecule has 1 aromatic carbocycles. The minimum Gasteiger partial charge on any atom is -0.387 e. The van der Waals surface area contributed by atoms with Gasteiger partial charge < -0.3 is 5.73 Å². The van der Waals surface area contributed by atoms with Crippen molar-refractivity contribution in [3.05, 3.63) is 29.8 Å². The molecule has 0 aliphatic carbocycles. The van der Waals surface area contributed by atoms with Crippen LogP contribution in [0.4, 0.5) is 18.9 Å². The number of rotatable bonds is 3. The molecule has 0 aromatic heterocycles. The molecule has 1 aromatic rings. The predicted molar refractivity (Wildman–Crippen MR) is 64.9 cm³/mol. The molecule has 0 spiro atoms. The van der Waals surface area contributed by atoms with Gasteiger partial charge in [0.25, 0.3) is 0 Å². The fourth-order valence-corrected chi connectivity index (χ4v) is 1.17. The molecule has 8 heteroatoms. The molecule has 0 aliphatic heterocycles. The van der Waals surface area contributed by atoms with Crippen LogP contribution >= 0.6 is 12.2 Å².